The van der Waals surface area contributed by atoms with Gasteiger partial charge in [0.05, 0.1) is 0 Å². The van der Waals surface area contributed by atoms with Crippen LogP contribution in [0.25, 0.3) is 0 Å². The normalized spacial score (nSPS) is 25.5. The van der Waals surface area contributed by atoms with Gasteiger partial charge in [0.2, 0.25) is 0 Å². The van der Waals surface area contributed by atoms with E-state index < -0.39 is 0 Å². The second-order valence-corrected chi connectivity index (χ2v) is 4.83. The fourth-order valence-corrected chi connectivity index (χ4v) is 2.04. The van der Waals surface area contributed by atoms with Crippen LogP contribution in [-0.4, -0.2) is 24.5 Å². The molecule has 0 bridgehead atoms. The van der Waals surface area contributed by atoms with Gasteiger partial charge < -0.3 is 0 Å². The van der Waals surface area contributed by atoms with E-state index in [2.05, 4.69) is 32.4 Å². The Morgan fingerprint density at radius 3 is 2.77 bits per heavy atom. The third-order valence-electron chi connectivity index (χ3n) is 3.00. The van der Waals surface area contributed by atoms with Crippen LogP contribution in [0.15, 0.2) is 12.2 Å². The van der Waals surface area contributed by atoms with Gasteiger partial charge in [0, 0.05) is 12.6 Å². The molecule has 1 atom stereocenters. The first kappa shape index (κ1) is 10.8. The molecule has 0 N–H and O–H groups in total. The highest BCUT2D eigenvalue weighted by atomic mass is 15.1. The molecule has 0 aromatic heterocycles. The monoisotopic (exact) mass is 181 g/mol. The van der Waals surface area contributed by atoms with Crippen LogP contribution in [-0.2, 0) is 0 Å². The Morgan fingerprint density at radius 2 is 2.23 bits per heavy atom. The molecule has 13 heavy (non-hydrogen) atoms. The highest BCUT2D eigenvalue weighted by Crippen LogP contribution is 2.23. The maximum absolute atomic E-state index is 4.05. The standard InChI is InChI=1S/C12H23N/c1-10(2)5-7-12-8-6-11(3)9-13(12)4/h10,12H,3,5-9H2,1-2,4H3. The van der Waals surface area contributed by atoms with Crippen LogP contribution in [0.2, 0.25) is 0 Å². The lowest BCUT2D eigenvalue weighted by atomic mass is 9.93. The Hall–Kier alpha value is -0.300. The van der Waals surface area contributed by atoms with Crippen molar-refractivity contribution in [2.75, 3.05) is 13.6 Å². The zero-order chi connectivity index (χ0) is 9.84. The van der Waals surface area contributed by atoms with Gasteiger partial charge in [0.25, 0.3) is 0 Å². The molecule has 1 aliphatic rings. The summed E-state index contributed by atoms with van der Waals surface area (Å²) in [6, 6.07) is 0.813. The van der Waals surface area contributed by atoms with E-state index in [0.717, 1.165) is 18.5 Å². The number of nitrogens with zero attached hydrogens (tertiary/aromatic N) is 1. The number of rotatable bonds is 3. The van der Waals surface area contributed by atoms with Gasteiger partial charge in [-0.05, 0) is 38.6 Å². The zero-order valence-electron chi connectivity index (χ0n) is 9.34. The summed E-state index contributed by atoms with van der Waals surface area (Å²) in [5.74, 6) is 0.846. The van der Waals surface area contributed by atoms with Crippen molar-refractivity contribution in [1.82, 2.24) is 4.90 Å². The second kappa shape index (κ2) is 4.80. The molecule has 0 amide bonds. The van der Waals surface area contributed by atoms with Gasteiger partial charge in [-0.3, -0.25) is 4.90 Å². The van der Waals surface area contributed by atoms with Gasteiger partial charge in [-0.2, -0.15) is 0 Å². The summed E-state index contributed by atoms with van der Waals surface area (Å²) >= 11 is 0. The molecule has 1 unspecified atom stereocenters. The van der Waals surface area contributed by atoms with E-state index >= 15 is 0 Å². The Bertz CT molecular complexity index is 172. The molecule has 0 aromatic rings. The molecule has 1 heterocycles. The molecule has 0 radical (unpaired) electrons. The molecule has 76 valence electrons. The molecule has 1 nitrogen and oxygen atoms in total. The molecule has 1 rings (SSSR count). The number of likely N-dealkylation sites (N-methyl/N-ethyl adjacent to an activating group) is 1. The largest absolute Gasteiger partial charge is 0.299 e. The van der Waals surface area contributed by atoms with Crippen molar-refractivity contribution in [1.29, 1.82) is 0 Å². The maximum atomic E-state index is 4.05. The van der Waals surface area contributed by atoms with Gasteiger partial charge in [0.15, 0.2) is 0 Å². The van der Waals surface area contributed by atoms with Crippen LogP contribution in [0.5, 0.6) is 0 Å². The average Bonchev–Trinajstić information content (AvgIpc) is 2.02. The molecule has 1 heteroatoms. The van der Waals surface area contributed by atoms with Crippen molar-refractivity contribution in [3.8, 4) is 0 Å². The van der Waals surface area contributed by atoms with Gasteiger partial charge in [0.1, 0.15) is 0 Å². The van der Waals surface area contributed by atoms with Gasteiger partial charge in [-0.25, -0.2) is 0 Å². The summed E-state index contributed by atoms with van der Waals surface area (Å²) in [7, 11) is 2.23. The summed E-state index contributed by atoms with van der Waals surface area (Å²) in [6.07, 6.45) is 5.29. The molecule has 0 spiro atoms. The number of hydrogen-bond acceptors (Lipinski definition) is 1. The van der Waals surface area contributed by atoms with Crippen molar-refractivity contribution in [2.24, 2.45) is 5.92 Å². The van der Waals surface area contributed by atoms with Crippen LogP contribution in [0.4, 0.5) is 0 Å². The summed E-state index contributed by atoms with van der Waals surface area (Å²) in [5, 5.41) is 0. The first-order valence-corrected chi connectivity index (χ1v) is 5.46. The SMILES string of the molecule is C=C1CCC(CCC(C)C)N(C)C1. The molecular weight excluding hydrogens is 158 g/mol. The Labute approximate surface area is 82.8 Å². The van der Waals surface area contributed by atoms with E-state index in [1.54, 1.807) is 0 Å². The maximum Gasteiger partial charge on any atom is 0.0190 e. The molecular formula is C12H23N. The minimum Gasteiger partial charge on any atom is -0.299 e. The quantitative estimate of drug-likeness (QED) is 0.605. The van der Waals surface area contributed by atoms with Crippen LogP contribution >= 0.6 is 0 Å². The van der Waals surface area contributed by atoms with Crippen molar-refractivity contribution < 1.29 is 0 Å². The molecule has 1 saturated heterocycles. The molecule has 1 aliphatic heterocycles. The van der Waals surface area contributed by atoms with Gasteiger partial charge in [-0.15, -0.1) is 0 Å². The summed E-state index contributed by atoms with van der Waals surface area (Å²) in [6.45, 7) is 9.78. The Kier molecular flexibility index (Phi) is 3.98. The van der Waals surface area contributed by atoms with E-state index in [0.29, 0.717) is 0 Å². The predicted octanol–water partition coefficient (Wildman–Crippen LogP) is 3.07. The van der Waals surface area contributed by atoms with Crippen molar-refractivity contribution in [3.05, 3.63) is 12.2 Å². The number of likely N-dealkylation sites (tertiary alicyclic amines) is 1. The molecule has 0 aromatic carbocycles. The predicted molar refractivity (Wildman–Crippen MR) is 58.9 cm³/mol. The van der Waals surface area contributed by atoms with Crippen molar-refractivity contribution in [2.45, 2.75) is 45.6 Å². The lowest BCUT2D eigenvalue weighted by Gasteiger charge is -2.34. The Balaban J connectivity index is 2.29. The Morgan fingerprint density at radius 1 is 1.54 bits per heavy atom. The highest BCUT2D eigenvalue weighted by molar-refractivity contribution is 5.02. The minimum atomic E-state index is 0.813. The molecule has 1 fully saturated rings. The van der Waals surface area contributed by atoms with E-state index in [1.165, 1.54) is 31.3 Å². The zero-order valence-corrected chi connectivity index (χ0v) is 9.34. The molecule has 0 saturated carbocycles. The van der Waals surface area contributed by atoms with Crippen LogP contribution in [0.1, 0.15) is 39.5 Å². The second-order valence-electron chi connectivity index (χ2n) is 4.83. The number of piperidine rings is 1. The first-order chi connectivity index (χ1) is 6.09. The fourth-order valence-electron chi connectivity index (χ4n) is 2.04. The summed E-state index contributed by atoms with van der Waals surface area (Å²) in [5.41, 5.74) is 1.41. The van der Waals surface area contributed by atoms with Crippen LogP contribution in [0, 0.1) is 5.92 Å². The van der Waals surface area contributed by atoms with E-state index in [9.17, 15) is 0 Å². The highest BCUT2D eigenvalue weighted by Gasteiger charge is 2.20. The first-order valence-electron chi connectivity index (χ1n) is 5.46. The van der Waals surface area contributed by atoms with E-state index in [4.69, 9.17) is 0 Å². The fraction of sp³-hybridized carbons (Fsp3) is 0.833. The third-order valence-corrected chi connectivity index (χ3v) is 3.00. The number of hydrogen-bond donors (Lipinski definition) is 0. The summed E-state index contributed by atoms with van der Waals surface area (Å²) < 4.78 is 0. The van der Waals surface area contributed by atoms with Crippen molar-refractivity contribution >= 4 is 0 Å². The van der Waals surface area contributed by atoms with Gasteiger partial charge in [-0.1, -0.05) is 26.0 Å². The summed E-state index contributed by atoms with van der Waals surface area (Å²) in [4.78, 5) is 2.47. The van der Waals surface area contributed by atoms with E-state index in [-0.39, 0.29) is 0 Å². The smallest absolute Gasteiger partial charge is 0.0190 e. The minimum absolute atomic E-state index is 0.813. The molecule has 0 aliphatic carbocycles. The van der Waals surface area contributed by atoms with E-state index in [1.807, 2.05) is 0 Å². The van der Waals surface area contributed by atoms with Crippen LogP contribution < -0.4 is 0 Å². The third kappa shape index (κ3) is 3.51. The van der Waals surface area contributed by atoms with Crippen molar-refractivity contribution in [3.63, 3.8) is 0 Å². The average molecular weight is 181 g/mol. The van der Waals surface area contributed by atoms with Crippen LogP contribution in [0.3, 0.4) is 0 Å². The lowest BCUT2D eigenvalue weighted by Crippen LogP contribution is -2.37. The lowest BCUT2D eigenvalue weighted by molar-refractivity contribution is 0.200. The van der Waals surface area contributed by atoms with Gasteiger partial charge >= 0.3 is 0 Å². The topological polar surface area (TPSA) is 3.24 Å².